The third kappa shape index (κ3) is 3.97. The van der Waals surface area contributed by atoms with E-state index in [4.69, 9.17) is 5.73 Å². The largest absolute Gasteiger partial charge is 0.467 e. The molecule has 126 valence electrons. The van der Waals surface area contributed by atoms with Gasteiger partial charge in [0.15, 0.2) is 0 Å². The number of rotatable bonds is 5. The summed E-state index contributed by atoms with van der Waals surface area (Å²) in [5, 5.41) is 11.5. The number of nitrogens with two attached hydrogens (primary N) is 1. The molecule has 4 N–H and O–H groups in total. The van der Waals surface area contributed by atoms with E-state index in [-0.39, 0.29) is 11.3 Å². The number of aliphatic hydroxyl groups is 1. The van der Waals surface area contributed by atoms with Crippen molar-refractivity contribution < 1.29 is 37.4 Å². The van der Waals surface area contributed by atoms with Gasteiger partial charge in [-0.1, -0.05) is 12.1 Å². The lowest BCUT2D eigenvalue weighted by atomic mass is 9.98. The topological polar surface area (TPSA) is 119 Å². The summed E-state index contributed by atoms with van der Waals surface area (Å²) in [5.74, 6) is -4.30. The number of carbonyl (C=O) groups excluding carboxylic acids is 3. The van der Waals surface area contributed by atoms with Crippen LogP contribution in [0.15, 0.2) is 24.3 Å². The lowest BCUT2D eigenvalue weighted by Gasteiger charge is -2.27. The molecule has 0 unspecified atom stereocenters. The molecule has 1 aromatic rings. The van der Waals surface area contributed by atoms with Crippen LogP contribution in [0.3, 0.4) is 0 Å². The minimum Gasteiger partial charge on any atom is -0.467 e. The van der Waals surface area contributed by atoms with Gasteiger partial charge in [0, 0.05) is 0 Å². The number of primary amides is 1. The van der Waals surface area contributed by atoms with E-state index in [1.54, 1.807) is 0 Å². The van der Waals surface area contributed by atoms with Gasteiger partial charge in [-0.05, 0) is 12.1 Å². The Hall–Kier alpha value is -2.62. The third-order valence-corrected chi connectivity index (χ3v) is 2.88. The van der Waals surface area contributed by atoms with Crippen LogP contribution in [-0.4, -0.2) is 41.8 Å². The molecule has 1 aromatic carbocycles. The molecule has 0 fully saturated rings. The highest BCUT2D eigenvalue weighted by atomic mass is 19.4. The molecule has 0 bridgehead atoms. The third-order valence-electron chi connectivity index (χ3n) is 2.88. The molecule has 0 saturated carbocycles. The Bertz CT molecular complexity index is 632. The molecule has 2 amide bonds. The van der Waals surface area contributed by atoms with Gasteiger partial charge >= 0.3 is 12.1 Å². The van der Waals surface area contributed by atoms with Crippen LogP contribution in [0.4, 0.5) is 18.9 Å². The van der Waals surface area contributed by atoms with Crippen molar-refractivity contribution in [2.45, 2.75) is 18.2 Å². The van der Waals surface area contributed by atoms with Crippen LogP contribution < -0.4 is 11.1 Å². The van der Waals surface area contributed by atoms with Crippen molar-refractivity contribution in [1.29, 1.82) is 0 Å². The number of halogens is 3. The number of hydrogen-bond donors (Lipinski definition) is 3. The monoisotopic (exact) mass is 334 g/mol. The number of esters is 1. The minimum absolute atomic E-state index is 0.144. The molecule has 0 radical (unpaired) electrons. The highest BCUT2D eigenvalue weighted by molar-refractivity contribution is 6.04. The van der Waals surface area contributed by atoms with Crippen LogP contribution >= 0.6 is 0 Å². The molecule has 0 heterocycles. The number of carbonyl (C=O) groups is 3. The van der Waals surface area contributed by atoms with E-state index in [1.807, 2.05) is 5.32 Å². The fraction of sp³-hybridized carbons (Fsp3) is 0.308. The summed E-state index contributed by atoms with van der Waals surface area (Å²) in [4.78, 5) is 34.1. The Morgan fingerprint density at radius 3 is 2.30 bits per heavy atom. The zero-order valence-corrected chi connectivity index (χ0v) is 11.8. The molecule has 23 heavy (non-hydrogen) atoms. The maximum absolute atomic E-state index is 12.8. The van der Waals surface area contributed by atoms with Gasteiger partial charge < -0.3 is 20.9 Å². The number of anilines is 1. The lowest BCUT2D eigenvalue weighted by molar-refractivity contribution is -0.261. The Kier molecular flexibility index (Phi) is 5.33. The van der Waals surface area contributed by atoms with E-state index in [1.165, 1.54) is 24.3 Å². The number of ether oxygens (including phenoxy) is 1. The highest BCUT2D eigenvalue weighted by Crippen LogP contribution is 2.34. The van der Waals surface area contributed by atoms with Gasteiger partial charge in [0.25, 0.3) is 11.5 Å². The number of nitrogens with one attached hydrogen (secondary N) is 1. The average molecular weight is 334 g/mol. The first kappa shape index (κ1) is 18.4. The fourth-order valence-corrected chi connectivity index (χ4v) is 1.69. The van der Waals surface area contributed by atoms with Gasteiger partial charge in [-0.15, -0.1) is 0 Å². The lowest BCUT2D eigenvalue weighted by Crippen LogP contribution is -2.54. The predicted octanol–water partition coefficient (Wildman–Crippen LogP) is 0.580. The van der Waals surface area contributed by atoms with Gasteiger partial charge in [-0.3, -0.25) is 9.59 Å². The number of methoxy groups -OCH3 is 1. The number of alkyl halides is 3. The maximum atomic E-state index is 12.8. The number of hydrogen-bond acceptors (Lipinski definition) is 5. The molecule has 7 nitrogen and oxygen atoms in total. The summed E-state index contributed by atoms with van der Waals surface area (Å²) in [7, 11) is 0.638. The molecule has 0 aromatic heterocycles. The van der Waals surface area contributed by atoms with Crippen LogP contribution in [0.2, 0.25) is 0 Å². The molecule has 0 aliphatic rings. The molecule has 10 heteroatoms. The van der Waals surface area contributed by atoms with Crippen molar-refractivity contribution >= 4 is 23.5 Å². The summed E-state index contributed by atoms with van der Waals surface area (Å²) < 4.78 is 42.4. The second-order valence-corrected chi connectivity index (χ2v) is 4.48. The molecule has 0 aliphatic heterocycles. The molecule has 1 rings (SSSR count). The van der Waals surface area contributed by atoms with Gasteiger partial charge in [-0.25, -0.2) is 4.79 Å². The summed E-state index contributed by atoms with van der Waals surface area (Å²) in [5.41, 5.74) is 0.759. The van der Waals surface area contributed by atoms with Crippen molar-refractivity contribution in [3.05, 3.63) is 29.8 Å². The quantitative estimate of drug-likeness (QED) is 0.681. The normalized spacial score (nSPS) is 13.8. The molecule has 1 atom stereocenters. The molecular weight excluding hydrogens is 321 g/mol. The van der Waals surface area contributed by atoms with Crippen LogP contribution in [0.25, 0.3) is 0 Å². The van der Waals surface area contributed by atoms with E-state index >= 15 is 0 Å². The van der Waals surface area contributed by atoms with Gasteiger partial charge in [0.05, 0.1) is 24.8 Å². The average Bonchev–Trinajstić information content (AvgIpc) is 2.45. The van der Waals surface area contributed by atoms with Crippen molar-refractivity contribution in [1.82, 2.24) is 0 Å². The SMILES string of the molecule is COC(=O)[C@@](O)(CC(=O)Nc1ccccc1C(N)=O)C(F)(F)F. The van der Waals surface area contributed by atoms with E-state index in [9.17, 15) is 32.7 Å². The van der Waals surface area contributed by atoms with Crippen molar-refractivity contribution in [2.75, 3.05) is 12.4 Å². The minimum atomic E-state index is -5.43. The van der Waals surface area contributed by atoms with Crippen molar-refractivity contribution in [2.24, 2.45) is 5.73 Å². The first-order valence-electron chi connectivity index (χ1n) is 6.09. The maximum Gasteiger partial charge on any atom is 0.428 e. The fourth-order valence-electron chi connectivity index (χ4n) is 1.69. The van der Waals surface area contributed by atoms with Gasteiger partial charge in [0.2, 0.25) is 5.91 Å². The Morgan fingerprint density at radius 2 is 1.83 bits per heavy atom. The molecule has 0 aliphatic carbocycles. The summed E-state index contributed by atoms with van der Waals surface area (Å²) in [6, 6.07) is 5.30. The Balaban J connectivity index is 3.03. The Morgan fingerprint density at radius 1 is 1.26 bits per heavy atom. The molecular formula is C13H13F3N2O5. The summed E-state index contributed by atoms with van der Waals surface area (Å²) >= 11 is 0. The van der Waals surface area contributed by atoms with Gasteiger partial charge in [0.1, 0.15) is 0 Å². The molecule has 0 spiro atoms. The zero-order chi connectivity index (χ0) is 17.8. The van der Waals surface area contributed by atoms with Crippen LogP contribution in [0.5, 0.6) is 0 Å². The molecule has 0 saturated heterocycles. The van der Waals surface area contributed by atoms with E-state index in [0.29, 0.717) is 7.11 Å². The van der Waals surface area contributed by atoms with Crippen LogP contribution in [-0.2, 0) is 14.3 Å². The number of para-hydroxylation sites is 1. The van der Waals surface area contributed by atoms with E-state index < -0.39 is 36.0 Å². The van der Waals surface area contributed by atoms with E-state index in [2.05, 4.69) is 4.74 Å². The van der Waals surface area contributed by atoms with Crippen molar-refractivity contribution in [3.63, 3.8) is 0 Å². The summed E-state index contributed by atoms with van der Waals surface area (Å²) in [6.45, 7) is 0. The second kappa shape index (κ2) is 6.65. The smallest absolute Gasteiger partial charge is 0.428 e. The first-order valence-corrected chi connectivity index (χ1v) is 6.09. The summed E-state index contributed by atoms with van der Waals surface area (Å²) in [6.07, 6.45) is -7.07. The zero-order valence-electron chi connectivity index (χ0n) is 11.8. The number of benzene rings is 1. The van der Waals surface area contributed by atoms with Crippen molar-refractivity contribution in [3.8, 4) is 0 Å². The highest BCUT2D eigenvalue weighted by Gasteiger charge is 2.61. The standard InChI is InChI=1S/C13H13F3N2O5/c1-23-11(21)12(22,13(14,15)16)6-9(19)18-8-5-3-2-4-7(8)10(17)20/h2-5,22H,6H2,1H3,(H2,17,20)(H,18,19)/t12-/m0/s1. The first-order chi connectivity index (χ1) is 10.5. The second-order valence-electron chi connectivity index (χ2n) is 4.48. The number of amides is 2. The van der Waals surface area contributed by atoms with Crippen LogP contribution in [0.1, 0.15) is 16.8 Å². The predicted molar refractivity (Wildman–Crippen MR) is 71.2 cm³/mol. The van der Waals surface area contributed by atoms with Gasteiger partial charge in [-0.2, -0.15) is 13.2 Å². The van der Waals surface area contributed by atoms with E-state index in [0.717, 1.165) is 0 Å². The Labute approximate surface area is 128 Å². The van der Waals surface area contributed by atoms with Crippen LogP contribution in [0, 0.1) is 0 Å².